The summed E-state index contributed by atoms with van der Waals surface area (Å²) in [4.78, 5) is 2.25. The molecule has 1 N–H and O–H groups in total. The highest BCUT2D eigenvalue weighted by Gasteiger charge is 2.17. The van der Waals surface area contributed by atoms with Gasteiger partial charge < -0.3 is 10.2 Å². The Bertz CT molecular complexity index is 298. The second-order valence-corrected chi connectivity index (χ2v) is 7.25. The van der Waals surface area contributed by atoms with Gasteiger partial charge in [-0.2, -0.15) is 0 Å². The summed E-state index contributed by atoms with van der Waals surface area (Å²) < 4.78 is 22.9. The van der Waals surface area contributed by atoms with E-state index in [1.807, 2.05) is 0 Å². The number of hydrogen-bond acceptors (Lipinski definition) is 4. The van der Waals surface area contributed by atoms with Crippen molar-refractivity contribution in [1.82, 2.24) is 10.2 Å². The van der Waals surface area contributed by atoms with E-state index in [2.05, 4.69) is 17.1 Å². The predicted octanol–water partition coefficient (Wildman–Crippen LogP) is 0.885. The SMILES string of the molecule is CCN(CCS(=O)(=O)CC)CC1CCCCN1. The first-order valence-electron chi connectivity index (χ1n) is 6.73. The molecule has 1 rings (SSSR count). The van der Waals surface area contributed by atoms with Crippen molar-refractivity contribution in [1.29, 1.82) is 0 Å². The largest absolute Gasteiger partial charge is 0.313 e. The maximum Gasteiger partial charge on any atom is 0.151 e. The molecule has 0 amide bonds. The number of nitrogens with one attached hydrogen (secondary N) is 1. The summed E-state index contributed by atoms with van der Waals surface area (Å²) in [5.41, 5.74) is 0. The Labute approximate surface area is 106 Å². The fourth-order valence-electron chi connectivity index (χ4n) is 2.18. The molecule has 1 fully saturated rings. The van der Waals surface area contributed by atoms with Crippen molar-refractivity contribution in [3.8, 4) is 0 Å². The van der Waals surface area contributed by atoms with Crippen molar-refractivity contribution in [2.45, 2.75) is 39.2 Å². The van der Waals surface area contributed by atoms with Gasteiger partial charge in [-0.1, -0.05) is 20.3 Å². The summed E-state index contributed by atoms with van der Waals surface area (Å²) in [6, 6.07) is 0.549. The molecular formula is C12H26N2O2S. The molecule has 17 heavy (non-hydrogen) atoms. The predicted molar refractivity (Wildman–Crippen MR) is 72.1 cm³/mol. The quantitative estimate of drug-likeness (QED) is 0.740. The fraction of sp³-hybridized carbons (Fsp3) is 1.00. The Morgan fingerprint density at radius 3 is 2.59 bits per heavy atom. The topological polar surface area (TPSA) is 49.4 Å². The lowest BCUT2D eigenvalue weighted by atomic mass is 10.0. The molecule has 1 saturated heterocycles. The molecule has 1 aliphatic rings. The highest BCUT2D eigenvalue weighted by molar-refractivity contribution is 7.91. The number of nitrogens with zero attached hydrogens (tertiary/aromatic N) is 1. The van der Waals surface area contributed by atoms with E-state index in [0.717, 1.165) is 19.6 Å². The molecule has 0 bridgehead atoms. The second kappa shape index (κ2) is 7.34. The van der Waals surface area contributed by atoms with Crippen LogP contribution >= 0.6 is 0 Å². The van der Waals surface area contributed by atoms with Crippen LogP contribution in [0, 0.1) is 0 Å². The van der Waals surface area contributed by atoms with Gasteiger partial charge in [-0.3, -0.25) is 0 Å². The van der Waals surface area contributed by atoms with Gasteiger partial charge in [0.1, 0.15) is 0 Å². The van der Waals surface area contributed by atoms with Crippen LogP contribution in [0.2, 0.25) is 0 Å². The number of likely N-dealkylation sites (N-methyl/N-ethyl adjacent to an activating group) is 1. The lowest BCUT2D eigenvalue weighted by Gasteiger charge is -2.29. The molecule has 0 radical (unpaired) electrons. The van der Waals surface area contributed by atoms with Crippen LogP contribution in [-0.2, 0) is 9.84 Å². The van der Waals surface area contributed by atoms with Crippen LogP contribution in [0.25, 0.3) is 0 Å². The second-order valence-electron chi connectivity index (χ2n) is 4.78. The summed E-state index contributed by atoms with van der Waals surface area (Å²) in [5, 5.41) is 3.50. The zero-order valence-corrected chi connectivity index (χ0v) is 11.9. The van der Waals surface area contributed by atoms with E-state index in [9.17, 15) is 8.42 Å². The third-order valence-corrected chi connectivity index (χ3v) is 5.18. The van der Waals surface area contributed by atoms with Gasteiger partial charge in [-0.25, -0.2) is 8.42 Å². The van der Waals surface area contributed by atoms with Gasteiger partial charge in [0.15, 0.2) is 9.84 Å². The molecule has 0 saturated carbocycles. The van der Waals surface area contributed by atoms with E-state index in [1.54, 1.807) is 6.92 Å². The van der Waals surface area contributed by atoms with Gasteiger partial charge in [0.25, 0.3) is 0 Å². The molecule has 4 nitrogen and oxygen atoms in total. The normalized spacial score (nSPS) is 21.9. The zero-order valence-electron chi connectivity index (χ0n) is 11.1. The van der Waals surface area contributed by atoms with Crippen LogP contribution < -0.4 is 5.32 Å². The smallest absolute Gasteiger partial charge is 0.151 e. The van der Waals surface area contributed by atoms with E-state index in [0.29, 0.717) is 18.3 Å². The van der Waals surface area contributed by atoms with Crippen molar-refractivity contribution < 1.29 is 8.42 Å². The Morgan fingerprint density at radius 1 is 1.29 bits per heavy atom. The van der Waals surface area contributed by atoms with E-state index >= 15 is 0 Å². The summed E-state index contributed by atoms with van der Waals surface area (Å²) in [5.74, 6) is 0.552. The molecule has 1 heterocycles. The van der Waals surface area contributed by atoms with Crippen LogP contribution in [0.1, 0.15) is 33.1 Å². The van der Waals surface area contributed by atoms with Crippen LogP contribution in [0.4, 0.5) is 0 Å². The van der Waals surface area contributed by atoms with E-state index < -0.39 is 9.84 Å². The van der Waals surface area contributed by atoms with Crippen LogP contribution in [0.15, 0.2) is 0 Å². The lowest BCUT2D eigenvalue weighted by molar-refractivity contribution is 0.243. The van der Waals surface area contributed by atoms with Crippen LogP contribution in [0.5, 0.6) is 0 Å². The van der Waals surface area contributed by atoms with Gasteiger partial charge >= 0.3 is 0 Å². The van der Waals surface area contributed by atoms with Crippen LogP contribution in [0.3, 0.4) is 0 Å². The van der Waals surface area contributed by atoms with Crippen molar-refractivity contribution >= 4 is 9.84 Å². The maximum atomic E-state index is 11.5. The Kier molecular flexibility index (Phi) is 6.44. The molecule has 5 heteroatoms. The Morgan fingerprint density at radius 2 is 2.06 bits per heavy atom. The maximum absolute atomic E-state index is 11.5. The highest BCUT2D eigenvalue weighted by Crippen LogP contribution is 2.08. The summed E-state index contributed by atoms with van der Waals surface area (Å²) in [6.45, 7) is 7.50. The van der Waals surface area contributed by atoms with Gasteiger partial charge in [-0.05, 0) is 25.9 Å². The molecule has 0 aromatic rings. The van der Waals surface area contributed by atoms with Crippen LogP contribution in [-0.4, -0.2) is 57.0 Å². The molecule has 0 aliphatic carbocycles. The third-order valence-electron chi connectivity index (χ3n) is 3.50. The monoisotopic (exact) mass is 262 g/mol. The molecule has 0 spiro atoms. The third kappa shape index (κ3) is 5.84. The van der Waals surface area contributed by atoms with Gasteiger partial charge in [0, 0.05) is 24.9 Å². The van der Waals surface area contributed by atoms with Crippen molar-refractivity contribution in [3.05, 3.63) is 0 Å². The summed E-state index contributed by atoms with van der Waals surface area (Å²) >= 11 is 0. The van der Waals surface area contributed by atoms with Crippen molar-refractivity contribution in [3.63, 3.8) is 0 Å². The van der Waals surface area contributed by atoms with Gasteiger partial charge in [-0.15, -0.1) is 0 Å². The molecule has 1 aliphatic heterocycles. The minimum atomic E-state index is -2.83. The number of hydrogen-bond donors (Lipinski definition) is 1. The fourth-order valence-corrected chi connectivity index (χ4v) is 3.01. The van der Waals surface area contributed by atoms with E-state index in [4.69, 9.17) is 0 Å². The molecular weight excluding hydrogens is 236 g/mol. The average Bonchev–Trinajstić information content (AvgIpc) is 2.35. The first-order valence-corrected chi connectivity index (χ1v) is 8.55. The van der Waals surface area contributed by atoms with Crippen molar-refractivity contribution in [2.24, 2.45) is 0 Å². The first kappa shape index (κ1) is 14.9. The molecule has 0 aromatic carbocycles. The standard InChI is InChI=1S/C12H26N2O2S/c1-3-14(9-10-17(15,16)4-2)11-12-7-5-6-8-13-12/h12-13H,3-11H2,1-2H3. The first-order chi connectivity index (χ1) is 8.07. The average molecular weight is 262 g/mol. The highest BCUT2D eigenvalue weighted by atomic mass is 32.2. The molecule has 102 valence electrons. The lowest BCUT2D eigenvalue weighted by Crippen LogP contribution is -2.44. The zero-order chi connectivity index (χ0) is 12.7. The van der Waals surface area contributed by atoms with E-state index in [1.165, 1.54) is 19.3 Å². The number of sulfone groups is 1. The Hall–Kier alpha value is -0.130. The summed E-state index contributed by atoms with van der Waals surface area (Å²) in [7, 11) is -2.83. The number of rotatable bonds is 7. The minimum Gasteiger partial charge on any atom is -0.313 e. The van der Waals surface area contributed by atoms with E-state index in [-0.39, 0.29) is 5.75 Å². The van der Waals surface area contributed by atoms with Crippen molar-refractivity contribution in [2.75, 3.05) is 37.7 Å². The summed E-state index contributed by atoms with van der Waals surface area (Å²) in [6.07, 6.45) is 3.78. The molecule has 0 aromatic heterocycles. The Balaban J connectivity index is 2.32. The molecule has 1 unspecified atom stereocenters. The number of piperidine rings is 1. The van der Waals surface area contributed by atoms with Gasteiger partial charge in [0.05, 0.1) is 5.75 Å². The van der Waals surface area contributed by atoms with Gasteiger partial charge in [0.2, 0.25) is 0 Å². The molecule has 1 atom stereocenters. The minimum absolute atomic E-state index is 0.256.